The summed E-state index contributed by atoms with van der Waals surface area (Å²) in [5, 5.41) is 0. The molecule has 0 saturated carbocycles. The summed E-state index contributed by atoms with van der Waals surface area (Å²) in [5.41, 5.74) is 0. The van der Waals surface area contributed by atoms with Gasteiger partial charge in [-0.25, -0.2) is 0 Å². The smallest absolute Gasteiger partial charge is 0.200 e. The van der Waals surface area contributed by atoms with Crippen molar-refractivity contribution in [3.05, 3.63) is 0 Å². The largest absolute Gasteiger partial charge is 0.460 e. The number of alkyl halides is 21. The Morgan fingerprint density at radius 1 is 0.333 bits per heavy atom. The van der Waals surface area contributed by atoms with Crippen molar-refractivity contribution >= 4 is 12.6 Å². The molecule has 0 amide bonds. The minimum Gasteiger partial charge on any atom is -0.200 e. The Morgan fingerprint density at radius 3 is 0.833 bits per heavy atom. The van der Waals surface area contributed by atoms with Gasteiger partial charge < -0.3 is 0 Å². The summed E-state index contributed by atoms with van der Waals surface area (Å²) in [7, 11) is 0. The quantitative estimate of drug-likeness (QED) is 0.129. The van der Waals surface area contributed by atoms with Crippen LogP contribution in [0, 0.1) is 0 Å². The molecular formula is C14H9F21S. The van der Waals surface area contributed by atoms with Gasteiger partial charge in [0.2, 0.25) is 0 Å². The lowest BCUT2D eigenvalue weighted by atomic mass is 9.85. The molecule has 0 saturated heterocycles. The number of thiol groups is 1. The third-order valence-electron chi connectivity index (χ3n) is 4.47. The predicted molar refractivity (Wildman–Crippen MR) is 78.3 cm³/mol. The van der Waals surface area contributed by atoms with Crippen LogP contribution in [0.15, 0.2) is 0 Å². The van der Waals surface area contributed by atoms with Crippen LogP contribution in [0.2, 0.25) is 0 Å². The van der Waals surface area contributed by atoms with Crippen LogP contribution in [-0.4, -0.2) is 65.2 Å². The van der Waals surface area contributed by atoms with Gasteiger partial charge in [-0.2, -0.15) is 105 Å². The zero-order chi connectivity index (χ0) is 29.8. The van der Waals surface area contributed by atoms with E-state index < -0.39 is 84.5 Å². The van der Waals surface area contributed by atoms with Crippen molar-refractivity contribution in [3.63, 3.8) is 0 Å². The molecule has 0 aliphatic heterocycles. The number of hydrogen-bond acceptors (Lipinski definition) is 1. The highest BCUT2D eigenvalue weighted by Gasteiger charge is 2.97. The van der Waals surface area contributed by atoms with Gasteiger partial charge in [0, 0.05) is 6.42 Å². The number of unbranched alkanes of at least 4 members (excludes halogenated alkanes) is 1. The monoisotopic (exact) mass is 608 g/mol. The molecule has 36 heavy (non-hydrogen) atoms. The third-order valence-corrected chi connectivity index (χ3v) is 4.79. The maximum atomic E-state index is 13.5. The van der Waals surface area contributed by atoms with E-state index in [1.807, 2.05) is 0 Å². The van der Waals surface area contributed by atoms with Crippen LogP contribution in [0.1, 0.15) is 19.3 Å². The Balaban J connectivity index is 6.89. The molecule has 0 N–H and O–H groups in total. The maximum Gasteiger partial charge on any atom is 0.460 e. The Morgan fingerprint density at radius 2 is 0.583 bits per heavy atom. The molecule has 0 bridgehead atoms. The molecule has 22 heteroatoms. The molecule has 0 aliphatic rings. The normalized spacial score (nSPS) is 16.5. The van der Waals surface area contributed by atoms with E-state index in [1.54, 1.807) is 0 Å². The van der Waals surface area contributed by atoms with Crippen LogP contribution in [0.5, 0.6) is 0 Å². The Labute approximate surface area is 190 Å². The van der Waals surface area contributed by atoms with Crippen LogP contribution in [0.3, 0.4) is 0 Å². The summed E-state index contributed by atoms with van der Waals surface area (Å²) in [4.78, 5) is 0. The van der Waals surface area contributed by atoms with Crippen LogP contribution in [-0.2, 0) is 0 Å². The van der Waals surface area contributed by atoms with Crippen molar-refractivity contribution in [1.82, 2.24) is 0 Å². The highest BCUT2D eigenvalue weighted by atomic mass is 32.1. The molecule has 0 aromatic carbocycles. The van der Waals surface area contributed by atoms with E-state index in [4.69, 9.17) is 0 Å². The van der Waals surface area contributed by atoms with Gasteiger partial charge in [-0.3, -0.25) is 0 Å². The summed E-state index contributed by atoms with van der Waals surface area (Å²) in [5.74, 6) is -76.8. The van der Waals surface area contributed by atoms with E-state index in [0.717, 1.165) is 0 Å². The summed E-state index contributed by atoms with van der Waals surface area (Å²) in [6.07, 6.45) is -12.5. The molecule has 0 aromatic rings. The molecule has 0 nitrogen and oxygen atoms in total. The first kappa shape index (κ1) is 34.9. The summed E-state index contributed by atoms with van der Waals surface area (Å²) >= 11 is 3.34. The lowest BCUT2D eigenvalue weighted by molar-refractivity contribution is -0.474. The first-order valence-electron chi connectivity index (χ1n) is 8.39. The topological polar surface area (TPSA) is 0 Å². The molecule has 0 aliphatic carbocycles. The lowest BCUT2D eigenvalue weighted by Gasteiger charge is -2.44. The molecule has 0 atom stereocenters. The number of halogens is 21. The van der Waals surface area contributed by atoms with E-state index in [-0.39, 0.29) is 0 Å². The average molecular weight is 608 g/mol. The molecule has 218 valence electrons. The van der Waals surface area contributed by atoms with Crippen molar-refractivity contribution in [2.45, 2.75) is 78.7 Å². The second-order valence-corrected chi connectivity index (χ2v) is 7.43. The maximum absolute atomic E-state index is 13.5. The standard InChI is InChI=1S/C14H9F21S/c15-5(16,3-1-2-4-36)6(17,18)7(19,20)8(21,22)9(23,24)10(25,26)11(27,28)12(29,30)13(31,32)14(33,34)35/h36H,1-4H2. The summed E-state index contributed by atoms with van der Waals surface area (Å²) < 4.78 is 276. The van der Waals surface area contributed by atoms with E-state index in [0.29, 0.717) is 0 Å². The molecule has 0 unspecified atom stereocenters. The van der Waals surface area contributed by atoms with Gasteiger partial charge in [0.25, 0.3) is 0 Å². The molecule has 0 aromatic heterocycles. The van der Waals surface area contributed by atoms with Crippen molar-refractivity contribution in [2.24, 2.45) is 0 Å². The second kappa shape index (κ2) is 9.26. The summed E-state index contributed by atoms with van der Waals surface area (Å²) in [6, 6.07) is 0. The minimum absolute atomic E-state index is 0.440. The Bertz CT molecular complexity index is 763. The fourth-order valence-corrected chi connectivity index (χ4v) is 2.43. The minimum atomic E-state index is -9.14. The fourth-order valence-electron chi connectivity index (χ4n) is 2.21. The molecule has 0 rings (SSSR count). The van der Waals surface area contributed by atoms with Crippen molar-refractivity contribution < 1.29 is 92.2 Å². The first-order chi connectivity index (χ1) is 15.3. The Kier molecular flexibility index (Phi) is 8.98. The SMILES string of the molecule is FC(F)(F)C(F)(F)C(F)(F)C(F)(F)C(F)(F)C(F)(F)C(F)(F)C(F)(F)C(F)(F)C(F)(F)CCCCS. The lowest BCUT2D eigenvalue weighted by Crippen LogP contribution is -2.76. The van der Waals surface area contributed by atoms with Gasteiger partial charge in [0.15, 0.2) is 0 Å². The molecule has 0 spiro atoms. The molecule has 0 radical (unpaired) electrons. The van der Waals surface area contributed by atoms with Crippen molar-refractivity contribution in [2.75, 3.05) is 5.75 Å². The zero-order valence-electron chi connectivity index (χ0n) is 16.2. The van der Waals surface area contributed by atoms with E-state index in [2.05, 4.69) is 12.6 Å². The molecular weight excluding hydrogens is 599 g/mol. The third kappa shape index (κ3) is 4.53. The molecule has 0 heterocycles. The average Bonchev–Trinajstić information content (AvgIpc) is 2.65. The van der Waals surface area contributed by atoms with Crippen LogP contribution >= 0.6 is 12.6 Å². The van der Waals surface area contributed by atoms with E-state index >= 15 is 0 Å². The first-order valence-corrected chi connectivity index (χ1v) is 9.02. The fraction of sp³-hybridized carbons (Fsp3) is 1.00. The van der Waals surface area contributed by atoms with Gasteiger partial charge in [-0.1, -0.05) is 0 Å². The van der Waals surface area contributed by atoms with Crippen LogP contribution in [0.4, 0.5) is 92.2 Å². The van der Waals surface area contributed by atoms with E-state index in [9.17, 15) is 92.2 Å². The number of rotatable bonds is 12. The van der Waals surface area contributed by atoms with Crippen molar-refractivity contribution in [3.8, 4) is 0 Å². The van der Waals surface area contributed by atoms with Gasteiger partial charge in [-0.15, -0.1) is 0 Å². The zero-order valence-corrected chi connectivity index (χ0v) is 17.1. The van der Waals surface area contributed by atoms with E-state index in [1.165, 1.54) is 0 Å². The highest BCUT2D eigenvalue weighted by Crippen LogP contribution is 2.66. The number of hydrogen-bond donors (Lipinski definition) is 1. The van der Waals surface area contributed by atoms with Gasteiger partial charge >= 0.3 is 59.5 Å². The highest BCUT2D eigenvalue weighted by molar-refractivity contribution is 7.80. The van der Waals surface area contributed by atoms with Crippen LogP contribution < -0.4 is 0 Å². The molecule has 0 fully saturated rings. The Hall–Kier alpha value is -1.12. The van der Waals surface area contributed by atoms with Gasteiger partial charge in [0.05, 0.1) is 0 Å². The predicted octanol–water partition coefficient (Wildman–Crippen LogP) is 8.37. The van der Waals surface area contributed by atoms with Crippen molar-refractivity contribution in [1.29, 1.82) is 0 Å². The van der Waals surface area contributed by atoms with Gasteiger partial charge in [0.1, 0.15) is 0 Å². The summed E-state index contributed by atoms with van der Waals surface area (Å²) in [6.45, 7) is 0. The second-order valence-electron chi connectivity index (χ2n) is 6.98. The van der Waals surface area contributed by atoms with Crippen LogP contribution in [0.25, 0.3) is 0 Å². The van der Waals surface area contributed by atoms with Gasteiger partial charge in [-0.05, 0) is 18.6 Å².